The Hall–Kier alpha value is -2.75. The van der Waals surface area contributed by atoms with Gasteiger partial charge in [0, 0.05) is 0 Å². The molecule has 1 aliphatic rings. The number of imide groups is 2. The fraction of sp³-hybridized carbons (Fsp3) is 0.438. The lowest BCUT2D eigenvalue weighted by Gasteiger charge is -2.22. The quantitative estimate of drug-likeness (QED) is 0.528. The highest BCUT2D eigenvalue weighted by Crippen LogP contribution is 2.24. The van der Waals surface area contributed by atoms with Crippen LogP contribution >= 0.6 is 11.3 Å². The summed E-state index contributed by atoms with van der Waals surface area (Å²) < 4.78 is 4.74. The van der Waals surface area contributed by atoms with Crippen molar-refractivity contribution in [2.24, 2.45) is 0 Å². The number of amides is 5. The van der Waals surface area contributed by atoms with E-state index in [0.29, 0.717) is 17.7 Å². The third kappa shape index (κ3) is 4.07. The zero-order valence-electron chi connectivity index (χ0n) is 14.4. The van der Waals surface area contributed by atoms with Crippen molar-refractivity contribution < 1.29 is 28.7 Å². The van der Waals surface area contributed by atoms with Gasteiger partial charge in [0.1, 0.15) is 12.1 Å². The van der Waals surface area contributed by atoms with Gasteiger partial charge in [-0.2, -0.15) is 0 Å². The van der Waals surface area contributed by atoms with Gasteiger partial charge in [0.2, 0.25) is 0 Å². The molecule has 1 saturated heterocycles. The minimum absolute atomic E-state index is 0.347. The Kier molecular flexibility index (Phi) is 6.09. The summed E-state index contributed by atoms with van der Waals surface area (Å²) in [5.41, 5.74) is -1.01. The number of thiophene rings is 1. The molecular formula is C16H19N3O6S. The number of urea groups is 1. The summed E-state index contributed by atoms with van der Waals surface area (Å²) in [6.07, 6.45) is 0.791. The molecule has 1 aromatic heterocycles. The molecule has 1 aromatic rings. The van der Waals surface area contributed by atoms with Crippen LogP contribution in [-0.4, -0.2) is 53.3 Å². The monoisotopic (exact) mass is 381 g/mol. The van der Waals surface area contributed by atoms with Crippen LogP contribution in [0, 0.1) is 0 Å². The first kappa shape index (κ1) is 19.6. The Balaban J connectivity index is 1.83. The van der Waals surface area contributed by atoms with Crippen molar-refractivity contribution in [3.8, 4) is 0 Å². The van der Waals surface area contributed by atoms with Crippen LogP contribution in [0.4, 0.5) is 4.79 Å². The van der Waals surface area contributed by atoms with Gasteiger partial charge in [-0.05, 0) is 24.3 Å². The van der Waals surface area contributed by atoms with E-state index in [9.17, 15) is 24.0 Å². The molecule has 0 spiro atoms. The van der Waals surface area contributed by atoms with Crippen molar-refractivity contribution in [2.45, 2.75) is 32.2 Å². The largest absolute Gasteiger partial charge is 0.454 e. The summed E-state index contributed by atoms with van der Waals surface area (Å²) >= 11 is 1.16. The van der Waals surface area contributed by atoms with E-state index in [1.165, 1.54) is 0 Å². The molecule has 10 heteroatoms. The molecule has 0 radical (unpaired) electrons. The molecule has 26 heavy (non-hydrogen) atoms. The van der Waals surface area contributed by atoms with Gasteiger partial charge in [-0.3, -0.25) is 29.4 Å². The van der Waals surface area contributed by atoms with E-state index in [1.54, 1.807) is 31.4 Å². The third-order valence-electron chi connectivity index (χ3n) is 4.10. The van der Waals surface area contributed by atoms with E-state index in [0.717, 1.165) is 16.2 Å². The maximum atomic E-state index is 12.4. The number of hydrogen-bond donors (Lipinski definition) is 2. The zero-order chi connectivity index (χ0) is 19.3. The first-order valence-corrected chi connectivity index (χ1v) is 8.88. The second-order valence-electron chi connectivity index (χ2n) is 5.63. The van der Waals surface area contributed by atoms with E-state index in [4.69, 9.17) is 4.74 Å². The molecule has 0 bridgehead atoms. The van der Waals surface area contributed by atoms with Gasteiger partial charge in [-0.15, -0.1) is 11.3 Å². The van der Waals surface area contributed by atoms with Crippen LogP contribution in [0.2, 0.25) is 0 Å². The topological polar surface area (TPSA) is 122 Å². The van der Waals surface area contributed by atoms with Crippen LogP contribution in [0.25, 0.3) is 0 Å². The maximum Gasteiger partial charge on any atom is 0.326 e. The Morgan fingerprint density at radius 1 is 1.27 bits per heavy atom. The first-order valence-electron chi connectivity index (χ1n) is 8.00. The van der Waals surface area contributed by atoms with E-state index >= 15 is 0 Å². The molecule has 2 N–H and O–H groups in total. The van der Waals surface area contributed by atoms with Gasteiger partial charge < -0.3 is 10.1 Å². The molecule has 0 aliphatic carbocycles. The first-order chi connectivity index (χ1) is 12.3. The van der Waals surface area contributed by atoms with E-state index in [-0.39, 0.29) is 0 Å². The van der Waals surface area contributed by atoms with Gasteiger partial charge in [-0.25, -0.2) is 4.79 Å². The minimum atomic E-state index is -1.01. The van der Waals surface area contributed by atoms with Crippen LogP contribution in [0.3, 0.4) is 0 Å². The maximum absolute atomic E-state index is 12.4. The number of rotatable bonds is 7. The smallest absolute Gasteiger partial charge is 0.326 e. The SMILES string of the molecule is CCC1(CC)NC(=O)N(CC(=O)OCC(=O)NC(=O)c2cccs2)C1=O. The van der Waals surface area contributed by atoms with Crippen LogP contribution < -0.4 is 10.6 Å². The number of esters is 1. The molecule has 0 atom stereocenters. The third-order valence-corrected chi connectivity index (χ3v) is 4.97. The van der Waals surface area contributed by atoms with E-state index in [2.05, 4.69) is 10.6 Å². The molecule has 5 amide bonds. The number of carbonyl (C=O) groups excluding carboxylic acids is 5. The molecule has 9 nitrogen and oxygen atoms in total. The summed E-state index contributed by atoms with van der Waals surface area (Å²) in [6, 6.07) is 2.53. The van der Waals surface area contributed by atoms with Gasteiger partial charge in [0.05, 0.1) is 4.88 Å². The van der Waals surface area contributed by atoms with Gasteiger partial charge in [0.25, 0.3) is 17.7 Å². The predicted octanol–water partition coefficient (Wildman–Crippen LogP) is 0.658. The van der Waals surface area contributed by atoms with Crippen LogP contribution in [0.15, 0.2) is 17.5 Å². The summed E-state index contributed by atoms with van der Waals surface area (Å²) in [5.74, 6) is -2.81. The summed E-state index contributed by atoms with van der Waals surface area (Å²) in [4.78, 5) is 60.6. The summed E-state index contributed by atoms with van der Waals surface area (Å²) in [6.45, 7) is 2.24. The lowest BCUT2D eigenvalue weighted by Crippen LogP contribution is -2.46. The van der Waals surface area contributed by atoms with Crippen molar-refractivity contribution in [3.05, 3.63) is 22.4 Å². The van der Waals surface area contributed by atoms with Crippen molar-refractivity contribution in [1.29, 1.82) is 0 Å². The molecule has 140 valence electrons. The lowest BCUT2D eigenvalue weighted by atomic mass is 9.93. The van der Waals surface area contributed by atoms with Crippen molar-refractivity contribution in [3.63, 3.8) is 0 Å². The highest BCUT2D eigenvalue weighted by Gasteiger charge is 2.49. The summed E-state index contributed by atoms with van der Waals surface area (Å²) in [7, 11) is 0. The number of hydrogen-bond acceptors (Lipinski definition) is 7. The Morgan fingerprint density at radius 2 is 1.96 bits per heavy atom. The zero-order valence-corrected chi connectivity index (χ0v) is 15.2. The van der Waals surface area contributed by atoms with Crippen molar-refractivity contribution >= 4 is 41.1 Å². The standard InChI is InChI=1S/C16H19N3O6S/c1-3-16(4-2)14(23)19(15(24)18-16)8-12(21)25-9-11(20)17-13(22)10-6-5-7-26-10/h5-7H,3-4,8-9H2,1-2H3,(H,18,24)(H,17,20,22). The molecule has 0 unspecified atom stereocenters. The van der Waals surface area contributed by atoms with Crippen molar-refractivity contribution in [2.75, 3.05) is 13.2 Å². The fourth-order valence-electron chi connectivity index (χ4n) is 2.50. The second-order valence-corrected chi connectivity index (χ2v) is 6.57. The normalized spacial score (nSPS) is 15.5. The highest BCUT2D eigenvalue weighted by atomic mass is 32.1. The molecule has 0 aromatic carbocycles. The number of nitrogens with one attached hydrogen (secondary N) is 2. The number of nitrogens with zero attached hydrogens (tertiary/aromatic N) is 1. The van der Waals surface area contributed by atoms with Crippen molar-refractivity contribution in [1.82, 2.24) is 15.5 Å². The van der Waals surface area contributed by atoms with E-state index in [1.807, 2.05) is 0 Å². The number of carbonyl (C=O) groups is 5. The van der Waals surface area contributed by atoms with Crippen LogP contribution in [-0.2, 0) is 19.1 Å². The van der Waals surface area contributed by atoms with Crippen LogP contribution in [0.5, 0.6) is 0 Å². The number of ether oxygens (including phenoxy) is 1. The molecule has 2 heterocycles. The Morgan fingerprint density at radius 3 is 2.50 bits per heavy atom. The second kappa shape index (κ2) is 8.09. The molecule has 2 rings (SSSR count). The lowest BCUT2D eigenvalue weighted by molar-refractivity contribution is -0.151. The Bertz CT molecular complexity index is 726. The van der Waals surface area contributed by atoms with Gasteiger partial charge >= 0.3 is 12.0 Å². The van der Waals surface area contributed by atoms with Crippen LogP contribution in [0.1, 0.15) is 36.4 Å². The Labute approximate surface area is 153 Å². The van der Waals surface area contributed by atoms with Gasteiger partial charge in [-0.1, -0.05) is 19.9 Å². The molecule has 0 saturated carbocycles. The summed E-state index contributed by atoms with van der Waals surface area (Å²) in [5, 5.41) is 6.35. The predicted molar refractivity (Wildman–Crippen MR) is 91.3 cm³/mol. The fourth-order valence-corrected chi connectivity index (χ4v) is 3.12. The van der Waals surface area contributed by atoms with E-state index < -0.39 is 48.4 Å². The average Bonchev–Trinajstić information content (AvgIpc) is 3.23. The molecule has 1 aliphatic heterocycles. The molecule has 1 fully saturated rings. The minimum Gasteiger partial charge on any atom is -0.454 e. The molecular weight excluding hydrogens is 362 g/mol. The highest BCUT2D eigenvalue weighted by molar-refractivity contribution is 7.12. The van der Waals surface area contributed by atoms with Gasteiger partial charge in [0.15, 0.2) is 6.61 Å². The average molecular weight is 381 g/mol.